The van der Waals surface area contributed by atoms with Gasteiger partial charge >= 0.3 is 5.69 Å². The number of aliphatic hydroxyl groups is 1. The minimum Gasteiger partial charge on any atom is -0.396 e. The van der Waals surface area contributed by atoms with Crippen molar-refractivity contribution >= 4 is 11.5 Å². The van der Waals surface area contributed by atoms with Gasteiger partial charge in [0.1, 0.15) is 11.5 Å². The van der Waals surface area contributed by atoms with E-state index in [0.29, 0.717) is 19.4 Å². The Labute approximate surface area is 111 Å². The topological polar surface area (TPSA) is 113 Å². The number of aromatic amines is 1. The quantitative estimate of drug-likeness (QED) is 0.585. The molecule has 0 aromatic carbocycles. The molecule has 0 aliphatic heterocycles. The van der Waals surface area contributed by atoms with Crippen LogP contribution in [0.3, 0.4) is 0 Å². The van der Waals surface area contributed by atoms with Crippen LogP contribution in [0.1, 0.15) is 33.6 Å². The van der Waals surface area contributed by atoms with Gasteiger partial charge < -0.3 is 16.2 Å². The Hall–Kier alpha value is -1.76. The van der Waals surface area contributed by atoms with Crippen LogP contribution in [0.5, 0.6) is 0 Å². The lowest BCUT2D eigenvalue weighted by Gasteiger charge is -2.30. The predicted molar refractivity (Wildman–Crippen MR) is 75.4 cm³/mol. The zero-order valence-electron chi connectivity index (χ0n) is 11.6. The van der Waals surface area contributed by atoms with E-state index >= 15 is 0 Å². The number of H-pyrrole nitrogens is 1. The molecule has 1 rings (SSSR count). The third kappa shape index (κ3) is 3.17. The molecule has 1 unspecified atom stereocenters. The Morgan fingerprint density at radius 3 is 2.53 bits per heavy atom. The molecule has 0 aliphatic carbocycles. The van der Waals surface area contributed by atoms with E-state index in [9.17, 15) is 9.59 Å². The van der Waals surface area contributed by atoms with E-state index in [1.54, 1.807) is 6.92 Å². The Balaban J connectivity index is 3.28. The number of nitrogen functional groups attached to an aromatic ring is 1. The van der Waals surface area contributed by atoms with Gasteiger partial charge in [-0.05, 0) is 26.7 Å². The van der Waals surface area contributed by atoms with Crippen LogP contribution in [-0.4, -0.2) is 26.8 Å². The van der Waals surface area contributed by atoms with E-state index in [-0.39, 0.29) is 18.1 Å². The standard InChI is InChI=1S/C12H22N4O3/c1-4-12(3,6-7-17)15-8-9(13)16(5-2)11(19)14-10(8)18/h15,17H,4-7,13H2,1-3H3,(H,14,18,19). The fourth-order valence-corrected chi connectivity index (χ4v) is 1.90. The Morgan fingerprint density at radius 1 is 1.42 bits per heavy atom. The second kappa shape index (κ2) is 5.92. The average Bonchev–Trinajstić information content (AvgIpc) is 2.35. The van der Waals surface area contributed by atoms with Gasteiger partial charge in [-0.15, -0.1) is 0 Å². The maximum absolute atomic E-state index is 11.9. The molecule has 0 radical (unpaired) electrons. The van der Waals surface area contributed by atoms with Crippen molar-refractivity contribution in [2.75, 3.05) is 17.7 Å². The maximum atomic E-state index is 11.9. The van der Waals surface area contributed by atoms with Crippen molar-refractivity contribution in [3.8, 4) is 0 Å². The summed E-state index contributed by atoms with van der Waals surface area (Å²) in [7, 11) is 0. The minimum atomic E-state index is -0.537. The van der Waals surface area contributed by atoms with E-state index in [2.05, 4.69) is 10.3 Å². The molecule has 0 fully saturated rings. The van der Waals surface area contributed by atoms with E-state index in [1.165, 1.54) is 4.57 Å². The van der Waals surface area contributed by atoms with Gasteiger partial charge in [0.25, 0.3) is 5.56 Å². The molecule has 1 atom stereocenters. The summed E-state index contributed by atoms with van der Waals surface area (Å²) in [4.78, 5) is 25.7. The zero-order valence-corrected chi connectivity index (χ0v) is 11.6. The molecule has 19 heavy (non-hydrogen) atoms. The van der Waals surface area contributed by atoms with Crippen LogP contribution in [0.4, 0.5) is 11.5 Å². The average molecular weight is 270 g/mol. The fraction of sp³-hybridized carbons (Fsp3) is 0.667. The SMILES string of the molecule is CCn1c(N)c(NC(C)(CC)CCO)c(=O)[nH]c1=O. The van der Waals surface area contributed by atoms with Gasteiger partial charge in [-0.25, -0.2) is 4.79 Å². The summed E-state index contributed by atoms with van der Waals surface area (Å²) in [5, 5.41) is 12.1. The maximum Gasteiger partial charge on any atom is 0.330 e. The molecule has 0 spiro atoms. The number of nitrogens with one attached hydrogen (secondary N) is 2. The number of hydrogen-bond acceptors (Lipinski definition) is 5. The highest BCUT2D eigenvalue weighted by Gasteiger charge is 2.24. The molecule has 0 amide bonds. The second-order valence-electron chi connectivity index (χ2n) is 4.78. The van der Waals surface area contributed by atoms with Crippen LogP contribution >= 0.6 is 0 Å². The molecule has 1 aromatic rings. The van der Waals surface area contributed by atoms with Crippen LogP contribution in [0.25, 0.3) is 0 Å². The molecular formula is C12H22N4O3. The summed E-state index contributed by atoms with van der Waals surface area (Å²) in [6.07, 6.45) is 1.19. The highest BCUT2D eigenvalue weighted by Crippen LogP contribution is 2.22. The normalized spacial score (nSPS) is 14.1. The molecule has 0 saturated carbocycles. The number of anilines is 2. The number of aromatic nitrogens is 2. The molecule has 0 aliphatic rings. The lowest BCUT2D eigenvalue weighted by Crippen LogP contribution is -2.41. The van der Waals surface area contributed by atoms with Crippen molar-refractivity contribution in [3.63, 3.8) is 0 Å². The lowest BCUT2D eigenvalue weighted by atomic mass is 9.94. The first-order chi connectivity index (χ1) is 8.88. The first kappa shape index (κ1) is 15.3. The van der Waals surface area contributed by atoms with Gasteiger partial charge in [0.05, 0.1) is 0 Å². The number of aliphatic hydroxyl groups excluding tert-OH is 1. The van der Waals surface area contributed by atoms with Crippen LogP contribution in [0, 0.1) is 0 Å². The van der Waals surface area contributed by atoms with Gasteiger partial charge in [0.15, 0.2) is 0 Å². The van der Waals surface area contributed by atoms with E-state index in [0.717, 1.165) is 0 Å². The van der Waals surface area contributed by atoms with Crippen LogP contribution in [0.15, 0.2) is 9.59 Å². The number of nitrogens with zero attached hydrogens (tertiary/aromatic N) is 1. The van der Waals surface area contributed by atoms with Crippen molar-refractivity contribution in [1.29, 1.82) is 0 Å². The summed E-state index contributed by atoms with van der Waals surface area (Å²) in [5.41, 5.74) is 4.54. The van der Waals surface area contributed by atoms with Gasteiger partial charge in [-0.1, -0.05) is 6.92 Å². The third-order valence-corrected chi connectivity index (χ3v) is 3.43. The van der Waals surface area contributed by atoms with Crippen LogP contribution in [-0.2, 0) is 6.54 Å². The number of nitrogens with two attached hydrogens (primary N) is 1. The lowest BCUT2D eigenvalue weighted by molar-refractivity contribution is 0.252. The van der Waals surface area contributed by atoms with Crippen LogP contribution in [0.2, 0.25) is 0 Å². The van der Waals surface area contributed by atoms with E-state index < -0.39 is 16.8 Å². The molecule has 1 heterocycles. The van der Waals surface area contributed by atoms with Crippen molar-refractivity contribution in [2.45, 2.75) is 45.7 Å². The molecular weight excluding hydrogens is 248 g/mol. The first-order valence-electron chi connectivity index (χ1n) is 6.40. The van der Waals surface area contributed by atoms with E-state index in [4.69, 9.17) is 10.8 Å². The first-order valence-corrected chi connectivity index (χ1v) is 6.40. The Bertz CT molecular complexity index is 549. The fourth-order valence-electron chi connectivity index (χ4n) is 1.90. The van der Waals surface area contributed by atoms with Crippen molar-refractivity contribution in [3.05, 3.63) is 20.8 Å². The smallest absolute Gasteiger partial charge is 0.330 e. The summed E-state index contributed by atoms with van der Waals surface area (Å²) >= 11 is 0. The molecule has 108 valence electrons. The van der Waals surface area contributed by atoms with Crippen molar-refractivity contribution in [2.24, 2.45) is 0 Å². The Morgan fingerprint density at radius 2 is 2.05 bits per heavy atom. The summed E-state index contributed by atoms with van der Waals surface area (Å²) in [6, 6.07) is 0. The molecule has 0 bridgehead atoms. The third-order valence-electron chi connectivity index (χ3n) is 3.43. The van der Waals surface area contributed by atoms with Crippen molar-refractivity contribution in [1.82, 2.24) is 9.55 Å². The predicted octanol–water partition coefficient (Wildman–Crippen LogP) is 0.102. The zero-order chi connectivity index (χ0) is 14.6. The van der Waals surface area contributed by atoms with Gasteiger partial charge in [0.2, 0.25) is 0 Å². The number of hydrogen-bond donors (Lipinski definition) is 4. The monoisotopic (exact) mass is 270 g/mol. The summed E-state index contributed by atoms with van der Waals surface area (Å²) in [6.45, 7) is 5.99. The Kier molecular flexibility index (Phi) is 4.77. The molecule has 0 saturated heterocycles. The summed E-state index contributed by atoms with van der Waals surface area (Å²) < 4.78 is 1.29. The van der Waals surface area contributed by atoms with Gasteiger partial charge in [0, 0.05) is 18.7 Å². The largest absolute Gasteiger partial charge is 0.396 e. The molecule has 5 N–H and O–H groups in total. The highest BCUT2D eigenvalue weighted by atomic mass is 16.3. The summed E-state index contributed by atoms with van der Waals surface area (Å²) in [5.74, 6) is 0.119. The highest BCUT2D eigenvalue weighted by molar-refractivity contribution is 5.61. The molecule has 7 nitrogen and oxygen atoms in total. The molecule has 7 heteroatoms. The van der Waals surface area contributed by atoms with Crippen molar-refractivity contribution < 1.29 is 5.11 Å². The van der Waals surface area contributed by atoms with Gasteiger partial charge in [-0.3, -0.25) is 14.3 Å². The number of rotatable bonds is 6. The van der Waals surface area contributed by atoms with E-state index in [1.807, 2.05) is 13.8 Å². The minimum absolute atomic E-state index is 0.00255. The van der Waals surface area contributed by atoms with Gasteiger partial charge in [-0.2, -0.15) is 0 Å². The second-order valence-corrected chi connectivity index (χ2v) is 4.78. The van der Waals surface area contributed by atoms with Crippen LogP contribution < -0.4 is 22.3 Å². The molecule has 1 aromatic heterocycles.